The maximum Gasteiger partial charge on any atom is 0.416 e. The fraction of sp³-hybridized carbons (Fsp3) is 0.267. The van der Waals surface area contributed by atoms with Gasteiger partial charge in [0.15, 0.2) is 0 Å². The highest BCUT2D eigenvalue weighted by Crippen LogP contribution is 2.35. The number of nitrogens with one attached hydrogen (secondary N) is 1. The van der Waals surface area contributed by atoms with Gasteiger partial charge in [-0.15, -0.1) is 0 Å². The number of nitrogens with zero attached hydrogens (tertiary/aromatic N) is 1. The number of aryl methyl sites for hydroxylation is 1. The molecule has 0 bridgehead atoms. The smallest absolute Gasteiger partial charge is 0.370 e. The molecule has 2 rings (SSSR count). The van der Waals surface area contributed by atoms with Crippen LogP contribution in [0.1, 0.15) is 18.1 Å². The van der Waals surface area contributed by atoms with Crippen LogP contribution in [-0.4, -0.2) is 11.5 Å². The van der Waals surface area contributed by atoms with Gasteiger partial charge in [-0.1, -0.05) is 29.5 Å². The van der Waals surface area contributed by atoms with Crippen molar-refractivity contribution in [1.29, 1.82) is 0 Å². The van der Waals surface area contributed by atoms with Crippen molar-refractivity contribution < 1.29 is 13.2 Å². The van der Waals surface area contributed by atoms with Gasteiger partial charge in [-0.25, -0.2) is 4.98 Å². The van der Waals surface area contributed by atoms with Crippen LogP contribution in [0.25, 0.3) is 0 Å². The molecule has 0 radical (unpaired) electrons. The predicted octanol–water partition coefficient (Wildman–Crippen LogP) is 4.99. The van der Waals surface area contributed by atoms with Crippen molar-refractivity contribution in [2.45, 2.75) is 29.9 Å². The minimum absolute atomic E-state index is 0.238. The summed E-state index contributed by atoms with van der Waals surface area (Å²) in [4.78, 5) is 5.08. The molecule has 0 spiro atoms. The number of benzene rings is 1. The molecule has 112 valence electrons. The van der Waals surface area contributed by atoms with Crippen molar-refractivity contribution in [3.63, 3.8) is 0 Å². The first-order chi connectivity index (χ1) is 9.88. The Labute approximate surface area is 125 Å². The van der Waals surface area contributed by atoms with Crippen molar-refractivity contribution >= 4 is 17.6 Å². The third-order valence-electron chi connectivity index (χ3n) is 2.70. The number of hydrogen-bond acceptors (Lipinski definition) is 3. The molecule has 0 saturated carbocycles. The van der Waals surface area contributed by atoms with Gasteiger partial charge in [0.1, 0.15) is 10.8 Å². The summed E-state index contributed by atoms with van der Waals surface area (Å²) in [6.07, 6.45) is -4.38. The molecule has 1 aromatic carbocycles. The summed E-state index contributed by atoms with van der Waals surface area (Å²) >= 11 is 1.22. The maximum absolute atomic E-state index is 12.9. The van der Waals surface area contributed by atoms with Crippen molar-refractivity contribution in [2.75, 3.05) is 11.9 Å². The molecular weight excluding hydrogens is 297 g/mol. The molecule has 1 N–H and O–H groups in total. The monoisotopic (exact) mass is 312 g/mol. The Balaban J connectivity index is 2.35. The van der Waals surface area contributed by atoms with Crippen molar-refractivity contribution in [3.8, 4) is 0 Å². The number of hydrogen-bond donors (Lipinski definition) is 1. The van der Waals surface area contributed by atoms with Crippen LogP contribution in [0.4, 0.5) is 19.0 Å². The SMILES string of the molecule is CCNc1cc(C(F)(F)F)cc(Sc2cccc(C)c2)n1. The third kappa shape index (κ3) is 4.39. The fourth-order valence-electron chi connectivity index (χ4n) is 1.79. The molecule has 21 heavy (non-hydrogen) atoms. The molecule has 1 aromatic heterocycles. The lowest BCUT2D eigenvalue weighted by Crippen LogP contribution is -2.08. The Morgan fingerprint density at radius 3 is 2.57 bits per heavy atom. The van der Waals surface area contributed by atoms with Crippen LogP contribution in [0.3, 0.4) is 0 Å². The topological polar surface area (TPSA) is 24.9 Å². The van der Waals surface area contributed by atoms with Crippen LogP contribution in [0.5, 0.6) is 0 Å². The average Bonchev–Trinajstić information content (AvgIpc) is 2.37. The second-order valence-electron chi connectivity index (χ2n) is 4.53. The van der Waals surface area contributed by atoms with Gasteiger partial charge < -0.3 is 5.32 Å². The Bertz CT molecular complexity index is 627. The molecule has 2 aromatic rings. The summed E-state index contributed by atoms with van der Waals surface area (Å²) in [5.41, 5.74) is 0.363. The standard InChI is InChI=1S/C15H15F3N2S/c1-3-19-13-8-11(15(16,17)18)9-14(20-13)21-12-6-4-5-10(2)7-12/h4-9H,3H2,1-2H3,(H,19,20). The van der Waals surface area contributed by atoms with Gasteiger partial charge in [-0.05, 0) is 38.1 Å². The maximum atomic E-state index is 12.9. The summed E-state index contributed by atoms with van der Waals surface area (Å²) in [5, 5.41) is 3.16. The second kappa shape index (κ2) is 6.39. The molecule has 2 nitrogen and oxygen atoms in total. The van der Waals surface area contributed by atoms with Crippen LogP contribution >= 0.6 is 11.8 Å². The van der Waals surface area contributed by atoms with E-state index in [2.05, 4.69) is 10.3 Å². The lowest BCUT2D eigenvalue weighted by Gasteiger charge is -2.12. The van der Waals surface area contributed by atoms with Crippen molar-refractivity contribution in [2.24, 2.45) is 0 Å². The molecule has 0 amide bonds. The Morgan fingerprint density at radius 1 is 1.19 bits per heavy atom. The van der Waals surface area contributed by atoms with Crippen LogP contribution in [0.2, 0.25) is 0 Å². The molecule has 0 aliphatic carbocycles. The number of pyridine rings is 1. The average molecular weight is 312 g/mol. The predicted molar refractivity (Wildman–Crippen MR) is 78.7 cm³/mol. The Morgan fingerprint density at radius 2 is 1.95 bits per heavy atom. The van der Waals surface area contributed by atoms with E-state index in [4.69, 9.17) is 0 Å². The van der Waals surface area contributed by atoms with Crippen LogP contribution in [0.15, 0.2) is 46.3 Å². The molecule has 0 fully saturated rings. The Hall–Kier alpha value is -1.69. The van der Waals surface area contributed by atoms with Gasteiger partial charge >= 0.3 is 6.18 Å². The van der Waals surface area contributed by atoms with Crippen LogP contribution < -0.4 is 5.32 Å². The Kier molecular flexibility index (Phi) is 4.77. The molecule has 6 heteroatoms. The number of aromatic nitrogens is 1. The summed E-state index contributed by atoms with van der Waals surface area (Å²) in [7, 11) is 0. The van der Waals surface area contributed by atoms with Gasteiger partial charge in [-0.3, -0.25) is 0 Å². The molecule has 1 heterocycles. The quantitative estimate of drug-likeness (QED) is 0.860. The first-order valence-electron chi connectivity index (χ1n) is 6.46. The third-order valence-corrected chi connectivity index (χ3v) is 3.61. The summed E-state index contributed by atoms with van der Waals surface area (Å²) < 4.78 is 38.8. The summed E-state index contributed by atoms with van der Waals surface area (Å²) in [5.74, 6) is 0.238. The largest absolute Gasteiger partial charge is 0.416 e. The first kappa shape index (κ1) is 15.7. The van der Waals surface area contributed by atoms with E-state index in [1.807, 2.05) is 38.1 Å². The van der Waals surface area contributed by atoms with Gasteiger partial charge in [0.2, 0.25) is 0 Å². The fourth-order valence-corrected chi connectivity index (χ4v) is 2.76. The van der Waals surface area contributed by atoms with Crippen LogP contribution in [-0.2, 0) is 6.18 Å². The van der Waals surface area contributed by atoms with Gasteiger partial charge in [-0.2, -0.15) is 13.2 Å². The van der Waals surface area contributed by atoms with Gasteiger partial charge in [0.25, 0.3) is 0 Å². The molecule has 0 atom stereocenters. The molecule has 0 unspecified atom stereocenters. The van der Waals surface area contributed by atoms with Crippen LogP contribution in [0, 0.1) is 6.92 Å². The van der Waals surface area contributed by atoms with Gasteiger partial charge in [0.05, 0.1) is 5.56 Å². The molecule has 0 aliphatic heterocycles. The second-order valence-corrected chi connectivity index (χ2v) is 5.62. The highest BCUT2D eigenvalue weighted by atomic mass is 32.2. The van der Waals surface area contributed by atoms with Gasteiger partial charge in [0, 0.05) is 11.4 Å². The van der Waals surface area contributed by atoms with E-state index in [1.54, 1.807) is 0 Å². The van der Waals surface area contributed by atoms with E-state index in [9.17, 15) is 13.2 Å². The van der Waals surface area contributed by atoms with E-state index in [1.165, 1.54) is 11.8 Å². The minimum atomic E-state index is -4.38. The molecule has 0 saturated heterocycles. The van der Waals surface area contributed by atoms with Crippen molar-refractivity contribution in [3.05, 3.63) is 47.5 Å². The van der Waals surface area contributed by atoms with Crippen molar-refractivity contribution in [1.82, 2.24) is 4.98 Å². The highest BCUT2D eigenvalue weighted by molar-refractivity contribution is 7.99. The molecular formula is C15H15F3N2S. The normalized spacial score (nSPS) is 11.5. The van der Waals surface area contributed by atoms with E-state index < -0.39 is 11.7 Å². The zero-order valence-corrected chi connectivity index (χ0v) is 12.5. The number of halogens is 3. The number of alkyl halides is 3. The lowest BCUT2D eigenvalue weighted by atomic mass is 10.2. The van der Waals surface area contributed by atoms with E-state index in [-0.39, 0.29) is 5.82 Å². The van der Waals surface area contributed by atoms with E-state index in [0.717, 1.165) is 22.6 Å². The number of anilines is 1. The summed E-state index contributed by atoms with van der Waals surface area (Å²) in [6.45, 7) is 4.27. The summed E-state index contributed by atoms with van der Waals surface area (Å²) in [6, 6.07) is 9.69. The zero-order chi connectivity index (χ0) is 15.5. The lowest BCUT2D eigenvalue weighted by molar-refractivity contribution is -0.137. The van der Waals surface area contributed by atoms with E-state index >= 15 is 0 Å². The van der Waals surface area contributed by atoms with E-state index in [0.29, 0.717) is 11.6 Å². The number of rotatable bonds is 4. The highest BCUT2D eigenvalue weighted by Gasteiger charge is 2.31. The minimum Gasteiger partial charge on any atom is -0.370 e. The molecule has 0 aliphatic rings. The first-order valence-corrected chi connectivity index (χ1v) is 7.28. The zero-order valence-electron chi connectivity index (χ0n) is 11.7.